The summed E-state index contributed by atoms with van der Waals surface area (Å²) in [6.07, 6.45) is 0. The molecular weight excluding hydrogens is 307 g/mol. The van der Waals surface area contributed by atoms with Crippen molar-refractivity contribution in [1.29, 1.82) is 0 Å². The molecule has 0 saturated heterocycles. The molecule has 0 saturated carbocycles. The second-order valence-electron chi connectivity index (χ2n) is 1.87. The first kappa shape index (κ1) is 16.9. The molecular formula is C6H5BrClKO3S. The topological polar surface area (TPSA) is 64.1 Å². The molecule has 0 radical (unpaired) electrons. The van der Waals surface area contributed by atoms with Crippen molar-refractivity contribution < 1.29 is 65.3 Å². The van der Waals surface area contributed by atoms with Crippen molar-refractivity contribution in [2.75, 3.05) is 0 Å². The third-order valence-electron chi connectivity index (χ3n) is 1.10. The molecule has 0 spiro atoms. The molecule has 1 N–H and O–H groups in total. The molecule has 0 unspecified atom stereocenters. The summed E-state index contributed by atoms with van der Waals surface area (Å²) in [6.45, 7) is 0. The Kier molecular flexibility index (Phi) is 9.02. The second-order valence-corrected chi connectivity index (χ2v) is 5.26. The number of halogens is 2. The predicted octanol–water partition coefficient (Wildman–Crippen LogP) is -0.796. The first-order chi connectivity index (χ1) is 5.02. The van der Waals surface area contributed by atoms with Gasteiger partial charge in [-0.3, -0.25) is 0 Å². The summed E-state index contributed by atoms with van der Waals surface area (Å²) >= 11 is 3.07. The zero-order valence-electron chi connectivity index (χ0n) is 6.74. The molecule has 0 aliphatic rings. The molecule has 1 rings (SSSR count). The van der Waals surface area contributed by atoms with Crippen LogP contribution >= 0.6 is 26.6 Å². The SMILES string of the molecule is O=S(=O)(Cl)c1ccccc1Br.[K+].[OH-]. The Morgan fingerprint density at radius 1 is 1.23 bits per heavy atom. The maximum absolute atomic E-state index is 10.8. The zero-order valence-corrected chi connectivity index (χ0v) is 13.0. The van der Waals surface area contributed by atoms with Crippen LogP contribution in [-0.2, 0) is 9.05 Å². The molecule has 0 aliphatic heterocycles. The van der Waals surface area contributed by atoms with Crippen LogP contribution in [-0.4, -0.2) is 13.9 Å². The molecule has 0 aliphatic carbocycles. The Bertz CT molecular complexity index is 368. The fourth-order valence-corrected chi connectivity index (χ4v) is 2.79. The number of rotatable bonds is 1. The minimum absolute atomic E-state index is 0. The van der Waals surface area contributed by atoms with Gasteiger partial charge >= 0.3 is 51.4 Å². The van der Waals surface area contributed by atoms with E-state index >= 15 is 0 Å². The summed E-state index contributed by atoms with van der Waals surface area (Å²) in [5.74, 6) is 0. The van der Waals surface area contributed by atoms with Gasteiger partial charge in [0.15, 0.2) is 0 Å². The Labute approximate surface area is 132 Å². The zero-order chi connectivity index (χ0) is 8.48. The Morgan fingerprint density at radius 3 is 2.00 bits per heavy atom. The van der Waals surface area contributed by atoms with Gasteiger partial charge in [-0.2, -0.15) is 0 Å². The summed E-state index contributed by atoms with van der Waals surface area (Å²) < 4.78 is 22.1. The van der Waals surface area contributed by atoms with E-state index in [1.54, 1.807) is 18.2 Å². The summed E-state index contributed by atoms with van der Waals surface area (Å²) in [4.78, 5) is 0.0988. The maximum atomic E-state index is 10.8. The molecule has 0 amide bonds. The average Bonchev–Trinajstić information content (AvgIpc) is 1.86. The maximum Gasteiger partial charge on any atom is 1.00 e. The Hall–Kier alpha value is 1.54. The molecule has 0 heterocycles. The Balaban J connectivity index is 0. The van der Waals surface area contributed by atoms with Gasteiger partial charge in [0, 0.05) is 15.2 Å². The standard InChI is InChI=1S/C6H4BrClO2S.K.H2O/c7-5-3-1-2-4-6(5)11(8,9)10;;/h1-4H;;1H2/q;+1;/p-1. The van der Waals surface area contributed by atoms with E-state index in [9.17, 15) is 8.42 Å². The van der Waals surface area contributed by atoms with E-state index in [4.69, 9.17) is 10.7 Å². The molecule has 3 nitrogen and oxygen atoms in total. The number of hydrogen-bond donors (Lipinski definition) is 0. The summed E-state index contributed by atoms with van der Waals surface area (Å²) in [6, 6.07) is 6.39. The smallest absolute Gasteiger partial charge is 0.870 e. The van der Waals surface area contributed by atoms with Crippen molar-refractivity contribution in [3.05, 3.63) is 28.7 Å². The molecule has 0 aromatic heterocycles. The van der Waals surface area contributed by atoms with Crippen LogP contribution in [0.5, 0.6) is 0 Å². The van der Waals surface area contributed by atoms with E-state index in [0.29, 0.717) is 4.47 Å². The summed E-state index contributed by atoms with van der Waals surface area (Å²) in [5.41, 5.74) is 0. The van der Waals surface area contributed by atoms with Crippen LogP contribution in [0.15, 0.2) is 33.6 Å². The van der Waals surface area contributed by atoms with Crippen molar-refractivity contribution in [2.24, 2.45) is 0 Å². The van der Waals surface area contributed by atoms with Crippen LogP contribution in [0, 0.1) is 0 Å². The minimum atomic E-state index is -3.61. The van der Waals surface area contributed by atoms with Gasteiger partial charge in [0.2, 0.25) is 0 Å². The van der Waals surface area contributed by atoms with E-state index in [2.05, 4.69) is 15.9 Å². The van der Waals surface area contributed by atoms with Gasteiger partial charge in [-0.15, -0.1) is 0 Å². The van der Waals surface area contributed by atoms with Gasteiger partial charge in [0.25, 0.3) is 9.05 Å². The van der Waals surface area contributed by atoms with Gasteiger partial charge in [-0.1, -0.05) is 12.1 Å². The van der Waals surface area contributed by atoms with Crippen molar-refractivity contribution in [1.82, 2.24) is 0 Å². The third kappa shape index (κ3) is 5.24. The normalized spacial score (nSPS) is 9.69. The van der Waals surface area contributed by atoms with Crippen molar-refractivity contribution in [3.63, 3.8) is 0 Å². The summed E-state index contributed by atoms with van der Waals surface area (Å²) in [5, 5.41) is 0. The first-order valence-corrected chi connectivity index (χ1v) is 5.81. The van der Waals surface area contributed by atoms with Crippen LogP contribution < -0.4 is 51.4 Å². The number of benzene rings is 1. The summed E-state index contributed by atoms with van der Waals surface area (Å²) in [7, 11) is 1.50. The largest absolute Gasteiger partial charge is 1.00 e. The van der Waals surface area contributed by atoms with Crippen molar-refractivity contribution in [3.8, 4) is 0 Å². The van der Waals surface area contributed by atoms with Crippen LogP contribution in [0.3, 0.4) is 0 Å². The van der Waals surface area contributed by atoms with Gasteiger partial charge in [0.1, 0.15) is 0 Å². The molecule has 68 valence electrons. The van der Waals surface area contributed by atoms with Crippen molar-refractivity contribution in [2.45, 2.75) is 4.90 Å². The second kappa shape index (κ2) is 6.92. The molecule has 13 heavy (non-hydrogen) atoms. The van der Waals surface area contributed by atoms with Gasteiger partial charge in [-0.05, 0) is 28.1 Å². The molecule has 1 aromatic carbocycles. The van der Waals surface area contributed by atoms with Crippen LogP contribution in [0.25, 0.3) is 0 Å². The van der Waals surface area contributed by atoms with E-state index in [0.717, 1.165) is 0 Å². The van der Waals surface area contributed by atoms with E-state index in [-0.39, 0.29) is 61.8 Å². The molecule has 0 fully saturated rings. The van der Waals surface area contributed by atoms with Gasteiger partial charge in [-0.25, -0.2) is 8.42 Å². The minimum Gasteiger partial charge on any atom is -0.870 e. The van der Waals surface area contributed by atoms with Gasteiger partial charge < -0.3 is 5.48 Å². The van der Waals surface area contributed by atoms with Crippen LogP contribution in [0.4, 0.5) is 0 Å². The molecule has 0 bridgehead atoms. The van der Waals surface area contributed by atoms with Crippen LogP contribution in [0.2, 0.25) is 0 Å². The first-order valence-electron chi connectivity index (χ1n) is 2.71. The fourth-order valence-electron chi connectivity index (χ4n) is 0.642. The molecule has 0 atom stereocenters. The van der Waals surface area contributed by atoms with E-state index in [1.807, 2.05) is 0 Å². The quantitative estimate of drug-likeness (QED) is 0.504. The predicted molar refractivity (Wildman–Crippen MR) is 49.1 cm³/mol. The average molecular weight is 312 g/mol. The molecule has 7 heteroatoms. The monoisotopic (exact) mass is 310 g/mol. The fraction of sp³-hybridized carbons (Fsp3) is 0. The van der Waals surface area contributed by atoms with E-state index < -0.39 is 9.05 Å². The van der Waals surface area contributed by atoms with Crippen LogP contribution in [0.1, 0.15) is 0 Å². The Morgan fingerprint density at radius 2 is 1.69 bits per heavy atom. The van der Waals surface area contributed by atoms with Gasteiger partial charge in [0.05, 0.1) is 4.90 Å². The van der Waals surface area contributed by atoms with E-state index in [1.165, 1.54) is 6.07 Å². The number of hydrogen-bond acceptors (Lipinski definition) is 3. The molecule has 1 aromatic rings. The third-order valence-corrected chi connectivity index (χ3v) is 3.43. The van der Waals surface area contributed by atoms with Crippen molar-refractivity contribution >= 4 is 35.7 Å².